The van der Waals surface area contributed by atoms with Crippen LogP contribution in [0.15, 0.2) is 71.9 Å². The normalized spacial score (nSPS) is 10.8. The molecule has 4 aromatic rings. The fourth-order valence-corrected chi connectivity index (χ4v) is 4.65. The Morgan fingerprint density at radius 2 is 1.89 bits per heavy atom. The Morgan fingerprint density at radius 1 is 1.09 bits per heavy atom. The first-order chi connectivity index (χ1) is 16.8. The molecule has 0 aliphatic rings. The molecule has 1 aromatic heterocycles. The molecule has 0 saturated heterocycles. The van der Waals surface area contributed by atoms with Gasteiger partial charge in [-0.05, 0) is 36.8 Å². The van der Waals surface area contributed by atoms with Gasteiger partial charge in [-0.1, -0.05) is 70.9 Å². The third-order valence-electron chi connectivity index (χ3n) is 5.03. The second-order valence-corrected chi connectivity index (χ2v) is 9.38. The van der Waals surface area contributed by atoms with Crippen molar-refractivity contribution in [2.24, 2.45) is 0 Å². The Kier molecular flexibility index (Phi) is 7.70. The standard InChI is InChI=1S/C24H19Cl2N5O3S/c1-15-4-2-5-16(10-15)14-35-24-29-28-22(30(24)21-12-18(25)8-9-20(21)26)13-27-23(32)17-6-3-7-19(11-17)31(33)34/h2-12H,13-14H2,1H3,(H,27,32). The highest BCUT2D eigenvalue weighted by Gasteiger charge is 2.19. The van der Waals surface area contributed by atoms with E-state index in [-0.39, 0.29) is 17.8 Å². The third kappa shape index (κ3) is 6.00. The van der Waals surface area contributed by atoms with Gasteiger partial charge in [0, 0.05) is 28.5 Å². The summed E-state index contributed by atoms with van der Waals surface area (Å²) >= 11 is 14.2. The van der Waals surface area contributed by atoms with E-state index in [1.165, 1.54) is 36.0 Å². The number of hydrogen-bond donors (Lipinski definition) is 1. The van der Waals surface area contributed by atoms with Crippen LogP contribution in [-0.2, 0) is 12.3 Å². The second-order valence-electron chi connectivity index (χ2n) is 7.60. The average Bonchev–Trinajstić information content (AvgIpc) is 3.25. The molecule has 0 aliphatic carbocycles. The highest BCUT2D eigenvalue weighted by Crippen LogP contribution is 2.31. The number of aryl methyl sites for hydroxylation is 1. The minimum absolute atomic E-state index is 0.0162. The van der Waals surface area contributed by atoms with Gasteiger partial charge in [0.05, 0.1) is 22.2 Å². The smallest absolute Gasteiger partial charge is 0.270 e. The van der Waals surface area contributed by atoms with Crippen molar-refractivity contribution in [3.63, 3.8) is 0 Å². The maximum absolute atomic E-state index is 12.7. The van der Waals surface area contributed by atoms with Crippen LogP contribution in [0.25, 0.3) is 5.69 Å². The predicted molar refractivity (Wildman–Crippen MR) is 136 cm³/mol. The highest BCUT2D eigenvalue weighted by atomic mass is 35.5. The number of amides is 1. The van der Waals surface area contributed by atoms with Gasteiger partial charge in [-0.2, -0.15) is 0 Å². The number of nitrogens with zero attached hydrogens (tertiary/aromatic N) is 4. The number of nitro groups is 1. The number of rotatable bonds is 8. The van der Waals surface area contributed by atoms with Crippen LogP contribution in [0, 0.1) is 17.0 Å². The van der Waals surface area contributed by atoms with Crippen molar-refractivity contribution in [1.29, 1.82) is 0 Å². The monoisotopic (exact) mass is 527 g/mol. The first-order valence-corrected chi connectivity index (χ1v) is 12.2. The van der Waals surface area contributed by atoms with Crippen LogP contribution in [-0.4, -0.2) is 25.6 Å². The molecule has 1 N–H and O–H groups in total. The molecular formula is C24H19Cl2N5O3S. The maximum Gasteiger partial charge on any atom is 0.270 e. The SMILES string of the molecule is Cc1cccc(CSc2nnc(CNC(=O)c3cccc([N+](=O)[O-])c3)n2-c2cc(Cl)ccc2Cl)c1. The largest absolute Gasteiger partial charge is 0.345 e. The van der Waals surface area contributed by atoms with E-state index in [0.717, 1.165) is 11.1 Å². The lowest BCUT2D eigenvalue weighted by Gasteiger charge is -2.13. The number of non-ortho nitro benzene ring substituents is 1. The van der Waals surface area contributed by atoms with Gasteiger partial charge in [-0.15, -0.1) is 10.2 Å². The molecule has 8 nitrogen and oxygen atoms in total. The molecule has 0 atom stereocenters. The van der Waals surface area contributed by atoms with E-state index >= 15 is 0 Å². The Bertz CT molecular complexity index is 1410. The summed E-state index contributed by atoms with van der Waals surface area (Å²) in [7, 11) is 0. The maximum atomic E-state index is 12.7. The molecule has 0 bridgehead atoms. The molecule has 1 amide bonds. The van der Waals surface area contributed by atoms with Crippen molar-refractivity contribution in [3.05, 3.63) is 109 Å². The van der Waals surface area contributed by atoms with Gasteiger partial charge in [0.25, 0.3) is 11.6 Å². The average molecular weight is 528 g/mol. The quantitative estimate of drug-likeness (QED) is 0.171. The lowest BCUT2D eigenvalue weighted by molar-refractivity contribution is -0.384. The number of hydrogen-bond acceptors (Lipinski definition) is 6. The van der Waals surface area contributed by atoms with E-state index in [1.807, 2.05) is 25.1 Å². The van der Waals surface area contributed by atoms with Crippen molar-refractivity contribution < 1.29 is 9.72 Å². The van der Waals surface area contributed by atoms with Crippen LogP contribution in [0.3, 0.4) is 0 Å². The molecule has 0 radical (unpaired) electrons. The molecule has 0 unspecified atom stereocenters. The van der Waals surface area contributed by atoms with Crippen molar-refractivity contribution >= 4 is 46.6 Å². The Hall–Kier alpha value is -3.40. The lowest BCUT2D eigenvalue weighted by Crippen LogP contribution is -2.24. The molecule has 11 heteroatoms. The van der Waals surface area contributed by atoms with Gasteiger partial charge in [0.2, 0.25) is 0 Å². The zero-order chi connectivity index (χ0) is 24.9. The number of carbonyl (C=O) groups excluding carboxylic acids is 1. The molecule has 0 fully saturated rings. The molecule has 35 heavy (non-hydrogen) atoms. The van der Waals surface area contributed by atoms with Gasteiger partial charge < -0.3 is 5.32 Å². The molecule has 178 valence electrons. The van der Waals surface area contributed by atoms with E-state index in [4.69, 9.17) is 23.2 Å². The molecule has 0 spiro atoms. The Morgan fingerprint density at radius 3 is 2.66 bits per heavy atom. The summed E-state index contributed by atoms with van der Waals surface area (Å²) in [5.41, 5.74) is 2.87. The number of nitrogens with one attached hydrogen (secondary N) is 1. The number of halogens is 2. The summed E-state index contributed by atoms with van der Waals surface area (Å²) in [5, 5.41) is 23.9. The zero-order valence-corrected chi connectivity index (χ0v) is 20.8. The predicted octanol–water partition coefficient (Wildman–Crippen LogP) is 6.01. The van der Waals surface area contributed by atoms with Gasteiger partial charge in [-0.3, -0.25) is 19.5 Å². The molecule has 0 aliphatic heterocycles. The Labute approximate surface area is 215 Å². The number of nitro benzene ring substituents is 1. The minimum Gasteiger partial charge on any atom is -0.345 e. The van der Waals surface area contributed by atoms with Crippen LogP contribution in [0.4, 0.5) is 5.69 Å². The van der Waals surface area contributed by atoms with Crippen LogP contribution in [0.2, 0.25) is 10.0 Å². The molecule has 1 heterocycles. The summed E-state index contributed by atoms with van der Waals surface area (Å²) in [6, 6.07) is 18.7. The van der Waals surface area contributed by atoms with Gasteiger partial charge in [0.15, 0.2) is 11.0 Å². The number of aromatic nitrogens is 3. The van der Waals surface area contributed by atoms with E-state index in [1.54, 1.807) is 22.8 Å². The van der Waals surface area contributed by atoms with Gasteiger partial charge in [0.1, 0.15) is 0 Å². The zero-order valence-electron chi connectivity index (χ0n) is 18.4. The molecule has 4 rings (SSSR count). The molecule has 0 saturated carbocycles. The van der Waals surface area contributed by atoms with Gasteiger partial charge >= 0.3 is 0 Å². The van der Waals surface area contributed by atoms with Crippen molar-refractivity contribution in [3.8, 4) is 5.69 Å². The van der Waals surface area contributed by atoms with Crippen molar-refractivity contribution in [2.45, 2.75) is 24.4 Å². The number of thioether (sulfide) groups is 1. The number of carbonyl (C=O) groups is 1. The fraction of sp³-hybridized carbons (Fsp3) is 0.125. The first kappa shape index (κ1) is 24.7. The van der Waals surface area contributed by atoms with E-state index < -0.39 is 10.8 Å². The second kappa shape index (κ2) is 10.9. The lowest BCUT2D eigenvalue weighted by atomic mass is 10.2. The summed E-state index contributed by atoms with van der Waals surface area (Å²) in [4.78, 5) is 23.1. The minimum atomic E-state index is -0.549. The summed E-state index contributed by atoms with van der Waals surface area (Å²) in [5.74, 6) is 0.604. The molecular weight excluding hydrogens is 509 g/mol. The van der Waals surface area contributed by atoms with Crippen LogP contribution in [0.1, 0.15) is 27.3 Å². The summed E-state index contributed by atoms with van der Waals surface area (Å²) in [6.07, 6.45) is 0. The first-order valence-electron chi connectivity index (χ1n) is 10.4. The van der Waals surface area contributed by atoms with Crippen LogP contribution in [0.5, 0.6) is 0 Å². The van der Waals surface area contributed by atoms with Crippen LogP contribution < -0.4 is 5.32 Å². The van der Waals surface area contributed by atoms with Gasteiger partial charge in [-0.25, -0.2) is 0 Å². The Balaban J connectivity index is 1.61. The molecule has 3 aromatic carbocycles. The van der Waals surface area contributed by atoms with Crippen LogP contribution >= 0.6 is 35.0 Å². The van der Waals surface area contributed by atoms with Crippen molar-refractivity contribution in [2.75, 3.05) is 0 Å². The fourth-order valence-electron chi connectivity index (χ4n) is 3.38. The number of benzene rings is 3. The van der Waals surface area contributed by atoms with E-state index in [0.29, 0.717) is 32.5 Å². The third-order valence-corrected chi connectivity index (χ3v) is 6.58. The topological polar surface area (TPSA) is 103 Å². The van der Waals surface area contributed by atoms with E-state index in [2.05, 4.69) is 21.6 Å². The van der Waals surface area contributed by atoms with Crippen molar-refractivity contribution in [1.82, 2.24) is 20.1 Å². The summed E-state index contributed by atoms with van der Waals surface area (Å²) in [6.45, 7) is 2.05. The summed E-state index contributed by atoms with van der Waals surface area (Å²) < 4.78 is 1.75. The van der Waals surface area contributed by atoms with E-state index in [9.17, 15) is 14.9 Å². The highest BCUT2D eigenvalue weighted by molar-refractivity contribution is 7.98.